The number of aliphatic hydroxyl groups excluding tert-OH is 1. The molecular weight excluding hydrogens is 430 g/mol. The lowest BCUT2D eigenvalue weighted by Gasteiger charge is -2.50. The van der Waals surface area contributed by atoms with E-state index >= 15 is 0 Å². The second kappa shape index (κ2) is 7.40. The summed E-state index contributed by atoms with van der Waals surface area (Å²) in [7, 11) is 0. The van der Waals surface area contributed by atoms with Crippen molar-refractivity contribution < 1.29 is 29.6 Å². The predicted molar refractivity (Wildman–Crippen MR) is 122 cm³/mol. The monoisotopic (exact) mass is 465 g/mol. The van der Waals surface area contributed by atoms with Crippen LogP contribution in [0.5, 0.6) is 0 Å². The summed E-state index contributed by atoms with van der Waals surface area (Å²) in [6.45, 7) is 7.27. The van der Waals surface area contributed by atoms with Crippen LogP contribution in [0.2, 0.25) is 0 Å². The third-order valence-corrected chi connectivity index (χ3v) is 9.50. The van der Waals surface area contributed by atoms with Crippen LogP contribution >= 0.6 is 11.8 Å². The molecule has 2 fully saturated rings. The molecule has 0 aliphatic heterocycles. The zero-order chi connectivity index (χ0) is 23.9. The standard InChI is InChI=1S/C24H35NO6S/c1-12-6-17-22(29,19(12)27)9-14(10-26)7-15-18-21(3,4)23(18,8-13(2)24(15,17)30)31-20(28)16(25)11-32-5/h6-7,13,15-18,26,29-30H,8-11,25H2,1-5H3/t13-,15+,16+,17-,18-,22-,23+,24-/m1/s1. The van der Waals surface area contributed by atoms with Gasteiger partial charge < -0.3 is 25.8 Å². The first kappa shape index (κ1) is 24.0. The van der Waals surface area contributed by atoms with E-state index in [1.54, 1.807) is 13.0 Å². The molecular formula is C24H35NO6S. The van der Waals surface area contributed by atoms with E-state index in [9.17, 15) is 24.9 Å². The average molecular weight is 466 g/mol. The maximum atomic E-state index is 12.9. The molecule has 8 heteroatoms. The molecule has 0 spiro atoms. The van der Waals surface area contributed by atoms with Gasteiger partial charge in [-0.25, -0.2) is 0 Å². The highest BCUT2D eigenvalue weighted by Gasteiger charge is 2.83. The molecule has 0 aromatic rings. The minimum absolute atomic E-state index is 0.0229. The number of Topliss-reactive ketones (excluding diaryl/α,β-unsaturated/α-hetero) is 1. The molecule has 4 aliphatic rings. The third-order valence-electron chi connectivity index (χ3n) is 8.81. The highest BCUT2D eigenvalue weighted by Crippen LogP contribution is 2.76. The lowest BCUT2D eigenvalue weighted by molar-refractivity contribution is -0.187. The summed E-state index contributed by atoms with van der Waals surface area (Å²) in [5.74, 6) is -2.29. The van der Waals surface area contributed by atoms with Gasteiger partial charge in [0.15, 0.2) is 5.78 Å². The van der Waals surface area contributed by atoms with Gasteiger partial charge in [0.1, 0.15) is 17.2 Å². The predicted octanol–water partition coefficient (Wildman–Crippen LogP) is 1.20. The van der Waals surface area contributed by atoms with Crippen LogP contribution in [0.15, 0.2) is 23.3 Å². The first-order valence-electron chi connectivity index (χ1n) is 11.3. The van der Waals surface area contributed by atoms with Crippen LogP contribution in [0.4, 0.5) is 0 Å². The number of hydrogen-bond acceptors (Lipinski definition) is 8. The van der Waals surface area contributed by atoms with Gasteiger partial charge in [0, 0.05) is 35.3 Å². The SMILES string of the molecule is CSC[C@H](N)C(=O)O[C@@]12C[C@@H](C)[C@@]3(O)[C@@H](C=C(CO)C[C@]4(O)C(=O)C(C)=C[C@@H]34)[C@@H]1C2(C)C. The van der Waals surface area contributed by atoms with Gasteiger partial charge in [-0.05, 0) is 36.7 Å². The number of carbonyl (C=O) groups excluding carboxylic acids is 2. The van der Waals surface area contributed by atoms with Crippen LogP contribution < -0.4 is 5.73 Å². The number of ketones is 1. The summed E-state index contributed by atoms with van der Waals surface area (Å²) in [6, 6.07) is -0.728. The molecule has 32 heavy (non-hydrogen) atoms. The number of rotatable bonds is 5. The molecule has 0 aromatic carbocycles. The van der Waals surface area contributed by atoms with Crippen LogP contribution in [0, 0.1) is 29.1 Å². The summed E-state index contributed by atoms with van der Waals surface area (Å²) in [4.78, 5) is 25.7. The fourth-order valence-electron chi connectivity index (χ4n) is 7.10. The Balaban J connectivity index is 1.79. The first-order valence-corrected chi connectivity index (χ1v) is 12.7. The fourth-order valence-corrected chi connectivity index (χ4v) is 7.60. The Morgan fingerprint density at radius 2 is 2.00 bits per heavy atom. The topological polar surface area (TPSA) is 130 Å². The van der Waals surface area contributed by atoms with Crippen molar-refractivity contribution in [3.8, 4) is 0 Å². The average Bonchev–Trinajstić information content (AvgIpc) is 3.12. The zero-order valence-corrected chi connectivity index (χ0v) is 20.2. The molecule has 0 bridgehead atoms. The molecule has 0 aromatic heterocycles. The molecule has 5 N–H and O–H groups in total. The number of aliphatic hydroxyl groups is 3. The van der Waals surface area contributed by atoms with Gasteiger partial charge in [-0.1, -0.05) is 32.9 Å². The number of nitrogens with two attached hydrogens (primary N) is 1. The Morgan fingerprint density at radius 3 is 2.59 bits per heavy atom. The van der Waals surface area contributed by atoms with Crippen molar-refractivity contribution in [1.82, 2.24) is 0 Å². The minimum Gasteiger partial charge on any atom is -0.457 e. The van der Waals surface area contributed by atoms with Crippen molar-refractivity contribution >= 4 is 23.5 Å². The second-order valence-electron chi connectivity index (χ2n) is 10.8. The van der Waals surface area contributed by atoms with E-state index in [0.717, 1.165) is 0 Å². The van der Waals surface area contributed by atoms with Gasteiger partial charge in [-0.3, -0.25) is 9.59 Å². The molecule has 8 atom stereocenters. The molecule has 2 saturated carbocycles. The number of thioether (sulfide) groups is 1. The Kier molecular flexibility index (Phi) is 5.54. The second-order valence-corrected chi connectivity index (χ2v) is 11.7. The van der Waals surface area contributed by atoms with Crippen molar-refractivity contribution in [3.63, 3.8) is 0 Å². The zero-order valence-electron chi connectivity index (χ0n) is 19.4. The largest absolute Gasteiger partial charge is 0.457 e. The highest BCUT2D eigenvalue weighted by molar-refractivity contribution is 7.98. The number of ether oxygens (including phenoxy) is 1. The molecule has 7 nitrogen and oxygen atoms in total. The van der Waals surface area contributed by atoms with Crippen LogP contribution in [-0.2, 0) is 14.3 Å². The Bertz CT molecular complexity index is 914. The Hall–Kier alpha value is -1.19. The lowest BCUT2D eigenvalue weighted by Crippen LogP contribution is -2.61. The van der Waals surface area contributed by atoms with Crippen LogP contribution in [0.3, 0.4) is 0 Å². The maximum Gasteiger partial charge on any atom is 0.324 e. The quantitative estimate of drug-likeness (QED) is 0.352. The summed E-state index contributed by atoms with van der Waals surface area (Å²) in [5, 5.41) is 33.8. The molecule has 0 heterocycles. The summed E-state index contributed by atoms with van der Waals surface area (Å²) in [5.41, 5.74) is 2.53. The van der Waals surface area contributed by atoms with Crippen LogP contribution in [0.25, 0.3) is 0 Å². The third kappa shape index (κ3) is 2.89. The minimum atomic E-state index is -1.78. The lowest BCUT2D eigenvalue weighted by atomic mass is 9.60. The van der Waals surface area contributed by atoms with E-state index in [-0.39, 0.29) is 24.9 Å². The van der Waals surface area contributed by atoms with Crippen molar-refractivity contribution in [1.29, 1.82) is 0 Å². The maximum absolute atomic E-state index is 12.9. The number of hydrogen-bond donors (Lipinski definition) is 4. The van der Waals surface area contributed by atoms with Crippen LogP contribution in [-0.4, -0.2) is 68.5 Å². The molecule has 0 amide bonds. The molecule has 0 radical (unpaired) electrons. The Morgan fingerprint density at radius 1 is 1.34 bits per heavy atom. The number of carbonyl (C=O) groups is 2. The summed E-state index contributed by atoms with van der Waals surface area (Å²) < 4.78 is 6.11. The number of fused-ring (bicyclic) bond motifs is 5. The van der Waals surface area contributed by atoms with Crippen molar-refractivity contribution in [2.75, 3.05) is 18.6 Å². The van der Waals surface area contributed by atoms with Crippen molar-refractivity contribution in [2.24, 2.45) is 34.8 Å². The normalized spacial score (nSPS) is 45.0. The molecule has 4 rings (SSSR count). The van der Waals surface area contributed by atoms with E-state index in [2.05, 4.69) is 0 Å². The van der Waals surface area contributed by atoms with Gasteiger partial charge >= 0.3 is 5.97 Å². The molecule has 0 saturated heterocycles. The van der Waals surface area contributed by atoms with E-state index in [1.807, 2.05) is 33.1 Å². The van der Waals surface area contributed by atoms with Crippen molar-refractivity contribution in [2.45, 2.75) is 63.4 Å². The van der Waals surface area contributed by atoms with Gasteiger partial charge in [0.25, 0.3) is 0 Å². The molecule has 178 valence electrons. The highest BCUT2D eigenvalue weighted by atomic mass is 32.2. The van der Waals surface area contributed by atoms with E-state index in [1.165, 1.54) is 11.8 Å². The van der Waals surface area contributed by atoms with Crippen molar-refractivity contribution in [3.05, 3.63) is 23.3 Å². The van der Waals surface area contributed by atoms with Gasteiger partial charge in [0.2, 0.25) is 0 Å². The van der Waals surface area contributed by atoms with Gasteiger partial charge in [-0.15, -0.1) is 0 Å². The van der Waals surface area contributed by atoms with Gasteiger partial charge in [0.05, 0.1) is 12.2 Å². The molecule has 4 aliphatic carbocycles. The van der Waals surface area contributed by atoms with E-state index < -0.39 is 51.8 Å². The summed E-state index contributed by atoms with van der Waals surface area (Å²) >= 11 is 1.48. The van der Waals surface area contributed by atoms with Crippen LogP contribution in [0.1, 0.15) is 40.5 Å². The number of esters is 1. The van der Waals surface area contributed by atoms with E-state index in [4.69, 9.17) is 10.5 Å². The summed E-state index contributed by atoms with van der Waals surface area (Å²) in [6.07, 6.45) is 5.79. The first-order chi connectivity index (χ1) is 14.8. The fraction of sp³-hybridized carbons (Fsp3) is 0.750. The van der Waals surface area contributed by atoms with E-state index in [0.29, 0.717) is 23.3 Å². The molecule has 0 unspecified atom stereocenters. The smallest absolute Gasteiger partial charge is 0.324 e. The van der Waals surface area contributed by atoms with Gasteiger partial charge in [-0.2, -0.15) is 11.8 Å². The Labute approximate surface area is 193 Å².